The number of carbonyl (C=O) groups excluding carboxylic acids is 2. The van der Waals surface area contributed by atoms with Crippen LogP contribution in [-0.4, -0.2) is 17.9 Å². The van der Waals surface area contributed by atoms with Gasteiger partial charge in [-0.1, -0.05) is 6.07 Å². The van der Waals surface area contributed by atoms with Crippen molar-refractivity contribution >= 4 is 23.2 Å². The largest absolute Gasteiger partial charge is 0.481 e. The van der Waals surface area contributed by atoms with E-state index in [4.69, 9.17) is 4.74 Å². The van der Waals surface area contributed by atoms with Gasteiger partial charge in [0.15, 0.2) is 6.10 Å². The summed E-state index contributed by atoms with van der Waals surface area (Å²) >= 11 is 0. The third kappa shape index (κ3) is 4.38. The van der Waals surface area contributed by atoms with Crippen molar-refractivity contribution < 1.29 is 14.3 Å². The first-order chi connectivity index (χ1) is 12.0. The number of benzene rings is 2. The number of anilines is 2. The Kier molecular flexibility index (Phi) is 5.03. The van der Waals surface area contributed by atoms with Crippen LogP contribution in [0.2, 0.25) is 0 Å². The van der Waals surface area contributed by atoms with E-state index in [1.54, 1.807) is 31.2 Å². The Morgan fingerprint density at radius 3 is 2.36 bits per heavy atom. The van der Waals surface area contributed by atoms with E-state index in [2.05, 4.69) is 22.8 Å². The maximum absolute atomic E-state index is 12.3. The molecule has 1 atom stereocenters. The molecule has 0 spiro atoms. The fourth-order valence-corrected chi connectivity index (χ4v) is 2.97. The van der Waals surface area contributed by atoms with E-state index < -0.39 is 6.10 Å². The SMILES string of the molecule is CC(=O)Nc1ccc(O[C@H](C)C(=O)Nc2ccc3c(c2)CCC3)cc1. The van der Waals surface area contributed by atoms with Gasteiger partial charge in [-0.3, -0.25) is 9.59 Å². The third-order valence-electron chi connectivity index (χ3n) is 4.22. The summed E-state index contributed by atoms with van der Waals surface area (Å²) in [5.74, 6) is 0.255. The van der Waals surface area contributed by atoms with Crippen molar-refractivity contribution in [3.8, 4) is 5.75 Å². The van der Waals surface area contributed by atoms with Crippen LogP contribution in [0.3, 0.4) is 0 Å². The summed E-state index contributed by atoms with van der Waals surface area (Å²) in [7, 11) is 0. The summed E-state index contributed by atoms with van der Waals surface area (Å²) in [6.07, 6.45) is 2.75. The lowest BCUT2D eigenvalue weighted by molar-refractivity contribution is -0.122. The van der Waals surface area contributed by atoms with Crippen LogP contribution in [0.1, 0.15) is 31.4 Å². The Balaban J connectivity index is 1.58. The second kappa shape index (κ2) is 7.38. The van der Waals surface area contributed by atoms with Crippen LogP contribution >= 0.6 is 0 Å². The van der Waals surface area contributed by atoms with Gasteiger partial charge in [0.1, 0.15) is 5.75 Å². The molecule has 130 valence electrons. The maximum atomic E-state index is 12.3. The van der Waals surface area contributed by atoms with Gasteiger partial charge in [0, 0.05) is 18.3 Å². The summed E-state index contributed by atoms with van der Waals surface area (Å²) in [5.41, 5.74) is 4.19. The number of nitrogens with one attached hydrogen (secondary N) is 2. The van der Waals surface area contributed by atoms with Gasteiger partial charge in [-0.05, 0) is 73.7 Å². The summed E-state index contributed by atoms with van der Waals surface area (Å²) in [6, 6.07) is 13.0. The minimum absolute atomic E-state index is 0.129. The van der Waals surface area contributed by atoms with E-state index in [1.807, 2.05) is 6.07 Å². The summed E-state index contributed by atoms with van der Waals surface area (Å²) < 4.78 is 5.68. The normalized spacial score (nSPS) is 13.7. The van der Waals surface area contributed by atoms with Crippen molar-refractivity contribution in [1.29, 1.82) is 0 Å². The number of rotatable bonds is 5. The van der Waals surface area contributed by atoms with E-state index in [0.717, 1.165) is 18.5 Å². The molecule has 3 rings (SSSR count). The summed E-state index contributed by atoms with van der Waals surface area (Å²) in [4.78, 5) is 23.4. The van der Waals surface area contributed by atoms with E-state index in [9.17, 15) is 9.59 Å². The maximum Gasteiger partial charge on any atom is 0.265 e. The van der Waals surface area contributed by atoms with E-state index in [1.165, 1.54) is 24.5 Å². The zero-order valence-corrected chi connectivity index (χ0v) is 14.5. The van der Waals surface area contributed by atoms with Crippen LogP contribution in [0.5, 0.6) is 5.75 Å². The molecule has 5 heteroatoms. The lowest BCUT2D eigenvalue weighted by atomic mass is 10.1. The van der Waals surface area contributed by atoms with Crippen molar-refractivity contribution in [3.05, 3.63) is 53.6 Å². The third-order valence-corrected chi connectivity index (χ3v) is 4.22. The molecule has 0 radical (unpaired) electrons. The van der Waals surface area contributed by atoms with Gasteiger partial charge in [0.25, 0.3) is 5.91 Å². The molecular weight excluding hydrogens is 316 g/mol. The molecular formula is C20H22N2O3. The Morgan fingerprint density at radius 2 is 1.64 bits per heavy atom. The zero-order valence-electron chi connectivity index (χ0n) is 14.5. The fourth-order valence-electron chi connectivity index (χ4n) is 2.97. The molecule has 0 fully saturated rings. The van der Waals surface area contributed by atoms with Gasteiger partial charge in [-0.2, -0.15) is 0 Å². The smallest absolute Gasteiger partial charge is 0.265 e. The average Bonchev–Trinajstić information content (AvgIpc) is 3.03. The number of hydrogen-bond donors (Lipinski definition) is 2. The van der Waals surface area contributed by atoms with Crippen LogP contribution in [-0.2, 0) is 22.4 Å². The number of fused-ring (bicyclic) bond motifs is 1. The molecule has 0 aliphatic heterocycles. The van der Waals surface area contributed by atoms with Gasteiger partial charge in [-0.15, -0.1) is 0 Å². The highest BCUT2D eigenvalue weighted by Crippen LogP contribution is 2.25. The first-order valence-corrected chi connectivity index (χ1v) is 8.48. The Bertz CT molecular complexity index is 784. The molecule has 0 saturated carbocycles. The van der Waals surface area contributed by atoms with Crippen LogP contribution in [0, 0.1) is 0 Å². The van der Waals surface area contributed by atoms with Crippen molar-refractivity contribution in [2.75, 3.05) is 10.6 Å². The molecule has 1 aliphatic rings. The van der Waals surface area contributed by atoms with Crippen molar-refractivity contribution in [1.82, 2.24) is 0 Å². The number of amides is 2. The van der Waals surface area contributed by atoms with Gasteiger partial charge in [-0.25, -0.2) is 0 Å². The predicted molar refractivity (Wildman–Crippen MR) is 97.9 cm³/mol. The molecule has 2 N–H and O–H groups in total. The van der Waals surface area contributed by atoms with Gasteiger partial charge in [0.2, 0.25) is 5.91 Å². The number of ether oxygens (including phenoxy) is 1. The fraction of sp³-hybridized carbons (Fsp3) is 0.300. The monoisotopic (exact) mass is 338 g/mol. The Morgan fingerprint density at radius 1 is 0.960 bits per heavy atom. The second-order valence-electron chi connectivity index (χ2n) is 6.29. The molecule has 2 amide bonds. The minimum Gasteiger partial charge on any atom is -0.481 e. The molecule has 1 aliphatic carbocycles. The van der Waals surface area contributed by atoms with E-state index >= 15 is 0 Å². The predicted octanol–water partition coefficient (Wildman–Crippen LogP) is 3.54. The Hall–Kier alpha value is -2.82. The minimum atomic E-state index is -0.625. The molecule has 0 saturated heterocycles. The van der Waals surface area contributed by atoms with Crippen LogP contribution in [0.25, 0.3) is 0 Å². The quantitative estimate of drug-likeness (QED) is 0.876. The number of aryl methyl sites for hydroxylation is 2. The standard InChI is InChI=1S/C20H22N2O3/c1-13(25-19-10-8-17(9-11-19)21-14(2)23)20(24)22-18-7-6-15-4-3-5-16(15)12-18/h6-13H,3-5H2,1-2H3,(H,21,23)(H,22,24)/t13-/m1/s1. The summed E-state index contributed by atoms with van der Waals surface area (Å²) in [6.45, 7) is 3.17. The first kappa shape index (κ1) is 17.0. The second-order valence-corrected chi connectivity index (χ2v) is 6.29. The van der Waals surface area contributed by atoms with E-state index in [-0.39, 0.29) is 11.8 Å². The van der Waals surface area contributed by atoms with Crippen LogP contribution in [0.4, 0.5) is 11.4 Å². The highest BCUT2D eigenvalue weighted by Gasteiger charge is 2.17. The van der Waals surface area contributed by atoms with Gasteiger partial charge in [0.05, 0.1) is 0 Å². The number of carbonyl (C=O) groups is 2. The average molecular weight is 338 g/mol. The lowest BCUT2D eigenvalue weighted by Crippen LogP contribution is -2.30. The molecule has 0 heterocycles. The van der Waals surface area contributed by atoms with Crippen LogP contribution < -0.4 is 15.4 Å². The molecule has 0 aromatic heterocycles. The van der Waals surface area contributed by atoms with Gasteiger partial charge < -0.3 is 15.4 Å². The van der Waals surface area contributed by atoms with Crippen molar-refractivity contribution in [3.63, 3.8) is 0 Å². The van der Waals surface area contributed by atoms with Crippen LogP contribution in [0.15, 0.2) is 42.5 Å². The molecule has 2 aromatic rings. The highest BCUT2D eigenvalue weighted by molar-refractivity contribution is 5.94. The molecule has 0 unspecified atom stereocenters. The highest BCUT2D eigenvalue weighted by atomic mass is 16.5. The van der Waals surface area contributed by atoms with Gasteiger partial charge >= 0.3 is 0 Å². The summed E-state index contributed by atoms with van der Waals surface area (Å²) in [5, 5.41) is 5.60. The first-order valence-electron chi connectivity index (χ1n) is 8.48. The zero-order chi connectivity index (χ0) is 17.8. The topological polar surface area (TPSA) is 67.4 Å². The molecule has 5 nitrogen and oxygen atoms in total. The lowest BCUT2D eigenvalue weighted by Gasteiger charge is -2.15. The molecule has 0 bridgehead atoms. The van der Waals surface area contributed by atoms with E-state index in [0.29, 0.717) is 11.4 Å². The van der Waals surface area contributed by atoms with Crippen molar-refractivity contribution in [2.24, 2.45) is 0 Å². The molecule has 2 aromatic carbocycles. The number of hydrogen-bond acceptors (Lipinski definition) is 3. The van der Waals surface area contributed by atoms with Crippen molar-refractivity contribution in [2.45, 2.75) is 39.2 Å². The Labute approximate surface area is 147 Å². The molecule has 25 heavy (non-hydrogen) atoms.